The van der Waals surface area contributed by atoms with Crippen molar-refractivity contribution in [2.75, 3.05) is 5.32 Å². The number of halogens is 1. The molecule has 0 radical (unpaired) electrons. The van der Waals surface area contributed by atoms with Gasteiger partial charge in [0.05, 0.1) is 0 Å². The first-order valence-corrected chi connectivity index (χ1v) is 7.29. The third-order valence-electron chi connectivity index (χ3n) is 3.30. The smallest absolute Gasteiger partial charge is 0.221 e. The van der Waals surface area contributed by atoms with Gasteiger partial charge in [-0.1, -0.05) is 48.0 Å². The Morgan fingerprint density at radius 2 is 1.81 bits per heavy atom. The molecule has 2 rings (SSSR count). The van der Waals surface area contributed by atoms with Crippen LogP contribution in [0.15, 0.2) is 48.5 Å². The van der Waals surface area contributed by atoms with Crippen LogP contribution >= 0.6 is 11.6 Å². The summed E-state index contributed by atoms with van der Waals surface area (Å²) < 4.78 is 0. The number of anilines is 1. The van der Waals surface area contributed by atoms with Gasteiger partial charge in [-0.2, -0.15) is 0 Å². The monoisotopic (exact) mass is 302 g/mol. The molecule has 110 valence electrons. The first-order valence-electron chi connectivity index (χ1n) is 6.91. The van der Waals surface area contributed by atoms with Gasteiger partial charge in [-0.3, -0.25) is 4.79 Å². The van der Waals surface area contributed by atoms with E-state index in [0.29, 0.717) is 6.54 Å². The zero-order chi connectivity index (χ0) is 15.2. The average molecular weight is 303 g/mol. The number of para-hydroxylation sites is 1. The fourth-order valence-corrected chi connectivity index (χ4v) is 2.48. The number of rotatable bonds is 5. The zero-order valence-corrected chi connectivity index (χ0v) is 12.9. The number of carbonyl (C=O) groups excluding carboxylic acids is 1. The highest BCUT2D eigenvalue weighted by Crippen LogP contribution is 2.23. The minimum Gasteiger partial charge on any atom is -0.326 e. The van der Waals surface area contributed by atoms with E-state index in [2.05, 4.69) is 17.6 Å². The molecule has 0 aliphatic carbocycles. The number of nitrogens with one attached hydrogen (secondary N) is 2. The third kappa shape index (κ3) is 4.31. The first kappa shape index (κ1) is 15.5. The van der Waals surface area contributed by atoms with E-state index in [9.17, 15) is 4.79 Å². The van der Waals surface area contributed by atoms with E-state index in [0.717, 1.165) is 21.8 Å². The summed E-state index contributed by atoms with van der Waals surface area (Å²) >= 11 is 6.20. The second kappa shape index (κ2) is 7.25. The van der Waals surface area contributed by atoms with Crippen molar-refractivity contribution in [2.24, 2.45) is 0 Å². The van der Waals surface area contributed by atoms with Crippen molar-refractivity contribution in [3.63, 3.8) is 0 Å². The lowest BCUT2D eigenvalue weighted by molar-refractivity contribution is -0.114. The molecule has 0 spiro atoms. The molecule has 0 aliphatic heterocycles. The molecule has 0 aromatic heterocycles. The lowest BCUT2D eigenvalue weighted by atomic mass is 10.1. The van der Waals surface area contributed by atoms with Gasteiger partial charge in [-0.15, -0.1) is 0 Å². The molecule has 0 heterocycles. The molecule has 0 fully saturated rings. The maximum absolute atomic E-state index is 11.2. The van der Waals surface area contributed by atoms with Crippen molar-refractivity contribution < 1.29 is 4.79 Å². The summed E-state index contributed by atoms with van der Waals surface area (Å²) in [7, 11) is 0. The molecule has 0 saturated heterocycles. The normalized spacial score (nSPS) is 12.0. The Balaban J connectivity index is 2.06. The predicted octanol–water partition coefficient (Wildman–Crippen LogP) is 4.15. The molecule has 0 saturated carbocycles. The average Bonchev–Trinajstić information content (AvgIpc) is 2.46. The van der Waals surface area contributed by atoms with Crippen molar-refractivity contribution in [1.29, 1.82) is 0 Å². The van der Waals surface area contributed by atoms with E-state index in [1.54, 1.807) is 0 Å². The molecule has 2 aromatic carbocycles. The number of amides is 1. The Hall–Kier alpha value is -1.84. The van der Waals surface area contributed by atoms with Crippen LogP contribution < -0.4 is 10.6 Å². The lowest BCUT2D eigenvalue weighted by Gasteiger charge is -2.17. The van der Waals surface area contributed by atoms with Gasteiger partial charge >= 0.3 is 0 Å². The number of hydrogen-bond acceptors (Lipinski definition) is 2. The fourth-order valence-electron chi connectivity index (χ4n) is 2.19. The third-order valence-corrected chi connectivity index (χ3v) is 3.64. The molecule has 1 amide bonds. The van der Waals surface area contributed by atoms with E-state index < -0.39 is 0 Å². The Labute approximate surface area is 130 Å². The Morgan fingerprint density at radius 3 is 2.52 bits per heavy atom. The summed E-state index contributed by atoms with van der Waals surface area (Å²) in [5.74, 6) is -0.0680. The lowest BCUT2D eigenvalue weighted by Crippen LogP contribution is -2.19. The quantitative estimate of drug-likeness (QED) is 0.871. The highest BCUT2D eigenvalue weighted by Gasteiger charge is 2.10. The van der Waals surface area contributed by atoms with Crippen LogP contribution in [0, 0.1) is 0 Å². The molecular weight excluding hydrogens is 284 g/mol. The summed E-state index contributed by atoms with van der Waals surface area (Å²) in [6.45, 7) is 4.24. The summed E-state index contributed by atoms with van der Waals surface area (Å²) in [4.78, 5) is 11.2. The van der Waals surface area contributed by atoms with Crippen LogP contribution in [0.5, 0.6) is 0 Å². The summed E-state index contributed by atoms with van der Waals surface area (Å²) in [6, 6.07) is 15.7. The van der Waals surface area contributed by atoms with Gasteiger partial charge in [-0.05, 0) is 30.2 Å². The predicted molar refractivity (Wildman–Crippen MR) is 87.5 cm³/mol. The highest BCUT2D eigenvalue weighted by atomic mass is 35.5. The van der Waals surface area contributed by atoms with Crippen LogP contribution in [0.1, 0.15) is 31.0 Å². The molecule has 0 unspecified atom stereocenters. The van der Waals surface area contributed by atoms with Gasteiger partial charge in [0.15, 0.2) is 0 Å². The molecule has 3 nitrogen and oxygen atoms in total. The van der Waals surface area contributed by atoms with E-state index in [-0.39, 0.29) is 11.9 Å². The Kier molecular flexibility index (Phi) is 5.37. The van der Waals surface area contributed by atoms with E-state index >= 15 is 0 Å². The minimum atomic E-state index is -0.0680. The maximum atomic E-state index is 11.2. The van der Waals surface area contributed by atoms with E-state index in [1.165, 1.54) is 6.92 Å². The highest BCUT2D eigenvalue weighted by molar-refractivity contribution is 6.31. The molecule has 2 aromatic rings. The van der Waals surface area contributed by atoms with Crippen molar-refractivity contribution in [2.45, 2.75) is 26.4 Å². The minimum absolute atomic E-state index is 0.0680. The van der Waals surface area contributed by atoms with Gasteiger partial charge in [0.1, 0.15) is 0 Å². The van der Waals surface area contributed by atoms with Gasteiger partial charge < -0.3 is 10.6 Å². The zero-order valence-electron chi connectivity index (χ0n) is 12.2. The standard InChI is InChI=1S/C17H19ClN2O/c1-12(15-8-4-5-9-16(15)18)19-11-14-7-3-6-10-17(14)20-13(2)21/h3-10,12,19H,11H2,1-2H3,(H,20,21)/t12-/m1/s1. The van der Waals surface area contributed by atoms with Crippen LogP contribution in [0.25, 0.3) is 0 Å². The van der Waals surface area contributed by atoms with E-state index in [4.69, 9.17) is 11.6 Å². The second-order valence-electron chi connectivity index (χ2n) is 4.96. The van der Waals surface area contributed by atoms with Gasteiger partial charge in [0.2, 0.25) is 5.91 Å². The maximum Gasteiger partial charge on any atom is 0.221 e. The van der Waals surface area contributed by atoms with Crippen LogP contribution in [-0.2, 0) is 11.3 Å². The van der Waals surface area contributed by atoms with Crippen LogP contribution in [0.4, 0.5) is 5.69 Å². The van der Waals surface area contributed by atoms with E-state index in [1.807, 2.05) is 48.5 Å². The largest absolute Gasteiger partial charge is 0.326 e. The molecule has 0 aliphatic rings. The van der Waals surface area contributed by atoms with Crippen molar-refractivity contribution in [3.05, 3.63) is 64.7 Å². The van der Waals surface area contributed by atoms with Gasteiger partial charge in [0.25, 0.3) is 0 Å². The molecule has 21 heavy (non-hydrogen) atoms. The first-order chi connectivity index (χ1) is 10.1. The van der Waals surface area contributed by atoms with Crippen molar-refractivity contribution >= 4 is 23.2 Å². The Bertz CT molecular complexity index is 628. The second-order valence-corrected chi connectivity index (χ2v) is 5.37. The fraction of sp³-hybridized carbons (Fsp3) is 0.235. The molecule has 2 N–H and O–H groups in total. The van der Waals surface area contributed by atoms with Crippen LogP contribution in [0.3, 0.4) is 0 Å². The SMILES string of the molecule is CC(=O)Nc1ccccc1CN[C@H](C)c1ccccc1Cl. The summed E-state index contributed by atoms with van der Waals surface area (Å²) in [6.07, 6.45) is 0. The van der Waals surface area contributed by atoms with Gasteiger partial charge in [0, 0.05) is 30.2 Å². The molecule has 0 bridgehead atoms. The molecular formula is C17H19ClN2O. The van der Waals surface area contributed by atoms with Crippen LogP contribution in [0.2, 0.25) is 5.02 Å². The topological polar surface area (TPSA) is 41.1 Å². The number of benzene rings is 2. The van der Waals surface area contributed by atoms with Crippen molar-refractivity contribution in [3.8, 4) is 0 Å². The summed E-state index contributed by atoms with van der Waals surface area (Å²) in [5.41, 5.74) is 2.95. The summed E-state index contributed by atoms with van der Waals surface area (Å²) in [5, 5.41) is 7.03. The van der Waals surface area contributed by atoms with Gasteiger partial charge in [-0.25, -0.2) is 0 Å². The van der Waals surface area contributed by atoms with Crippen LogP contribution in [-0.4, -0.2) is 5.91 Å². The number of carbonyl (C=O) groups is 1. The number of hydrogen-bond donors (Lipinski definition) is 2. The molecule has 4 heteroatoms. The van der Waals surface area contributed by atoms with Crippen molar-refractivity contribution in [1.82, 2.24) is 5.32 Å². The Morgan fingerprint density at radius 1 is 1.14 bits per heavy atom. The molecule has 1 atom stereocenters.